The predicted octanol–water partition coefficient (Wildman–Crippen LogP) is 1.28. The number of thiazole rings is 1. The molecule has 0 aliphatic heterocycles. The van der Waals surface area contributed by atoms with E-state index in [0.717, 1.165) is 4.88 Å². The van der Waals surface area contributed by atoms with Crippen molar-refractivity contribution >= 4 is 22.2 Å². The summed E-state index contributed by atoms with van der Waals surface area (Å²) in [5.41, 5.74) is -0.367. The van der Waals surface area contributed by atoms with Gasteiger partial charge in [-0.2, -0.15) is 4.98 Å². The topological polar surface area (TPSA) is 93.6 Å². The zero-order valence-corrected chi connectivity index (χ0v) is 13.8. The van der Waals surface area contributed by atoms with Crippen molar-refractivity contribution in [3.05, 3.63) is 44.9 Å². The largest absolute Gasteiger partial charge is 0.337 e. The minimum absolute atomic E-state index is 0.0121. The minimum Gasteiger partial charge on any atom is -0.337 e. The SMILES string of the molecule is CCc1noc(CN(C)C(=O)c2cnc3sc(C)cn3c2=O)n1. The predicted molar refractivity (Wildman–Crippen MR) is 83.5 cm³/mol. The number of aromatic nitrogens is 4. The first-order chi connectivity index (χ1) is 11.0. The molecule has 8 nitrogen and oxygen atoms in total. The van der Waals surface area contributed by atoms with Crippen molar-refractivity contribution in [3.63, 3.8) is 0 Å². The molecule has 0 fully saturated rings. The second-order valence-electron chi connectivity index (χ2n) is 5.09. The van der Waals surface area contributed by atoms with Gasteiger partial charge in [-0.05, 0) is 6.92 Å². The summed E-state index contributed by atoms with van der Waals surface area (Å²) < 4.78 is 6.46. The fourth-order valence-corrected chi connectivity index (χ4v) is 2.91. The van der Waals surface area contributed by atoms with Crippen molar-refractivity contribution in [2.24, 2.45) is 0 Å². The Bertz CT molecular complexity index is 926. The average Bonchev–Trinajstić information content (AvgIpc) is 3.13. The first kappa shape index (κ1) is 15.3. The first-order valence-corrected chi connectivity index (χ1v) is 7.86. The summed E-state index contributed by atoms with van der Waals surface area (Å²) >= 11 is 1.40. The number of nitrogens with zero attached hydrogens (tertiary/aromatic N) is 5. The van der Waals surface area contributed by atoms with E-state index in [9.17, 15) is 9.59 Å². The lowest BCUT2D eigenvalue weighted by Crippen LogP contribution is -2.32. The number of hydrogen-bond donors (Lipinski definition) is 0. The number of hydrogen-bond acceptors (Lipinski definition) is 7. The molecule has 0 radical (unpaired) electrons. The van der Waals surface area contributed by atoms with Crippen molar-refractivity contribution in [2.45, 2.75) is 26.8 Å². The fraction of sp³-hybridized carbons (Fsp3) is 0.357. The lowest BCUT2D eigenvalue weighted by molar-refractivity contribution is 0.0767. The second kappa shape index (κ2) is 5.92. The molecule has 23 heavy (non-hydrogen) atoms. The van der Waals surface area contributed by atoms with Crippen LogP contribution in [0, 0.1) is 6.92 Å². The molecule has 9 heteroatoms. The minimum atomic E-state index is -0.433. The van der Waals surface area contributed by atoms with E-state index in [-0.39, 0.29) is 17.7 Å². The van der Waals surface area contributed by atoms with Gasteiger partial charge in [0, 0.05) is 30.7 Å². The summed E-state index contributed by atoms with van der Waals surface area (Å²) in [5.74, 6) is 0.480. The molecule has 3 aromatic rings. The van der Waals surface area contributed by atoms with Gasteiger partial charge in [0.2, 0.25) is 5.89 Å². The van der Waals surface area contributed by atoms with E-state index in [4.69, 9.17) is 4.52 Å². The van der Waals surface area contributed by atoms with Gasteiger partial charge in [-0.1, -0.05) is 12.1 Å². The Labute approximate surface area is 135 Å². The van der Waals surface area contributed by atoms with Crippen molar-refractivity contribution in [1.82, 2.24) is 24.4 Å². The molecule has 0 spiro atoms. The zero-order chi connectivity index (χ0) is 16.6. The Morgan fingerprint density at radius 3 is 2.96 bits per heavy atom. The summed E-state index contributed by atoms with van der Waals surface area (Å²) in [7, 11) is 1.57. The number of fused-ring (bicyclic) bond motifs is 1. The Kier molecular flexibility index (Phi) is 3.95. The van der Waals surface area contributed by atoms with Crippen LogP contribution in [0.25, 0.3) is 4.96 Å². The second-order valence-corrected chi connectivity index (χ2v) is 6.30. The van der Waals surface area contributed by atoms with Crippen LogP contribution in [-0.2, 0) is 13.0 Å². The summed E-state index contributed by atoms with van der Waals surface area (Å²) in [6.45, 7) is 3.93. The van der Waals surface area contributed by atoms with Gasteiger partial charge in [-0.15, -0.1) is 11.3 Å². The van der Waals surface area contributed by atoms with Gasteiger partial charge >= 0.3 is 0 Å². The van der Waals surface area contributed by atoms with Crippen LogP contribution in [0.2, 0.25) is 0 Å². The third kappa shape index (κ3) is 2.87. The third-order valence-electron chi connectivity index (χ3n) is 3.30. The smallest absolute Gasteiger partial charge is 0.271 e. The molecule has 1 amide bonds. The molecule has 0 unspecified atom stereocenters. The Morgan fingerprint density at radius 1 is 1.48 bits per heavy atom. The first-order valence-electron chi connectivity index (χ1n) is 7.04. The van der Waals surface area contributed by atoms with E-state index in [1.807, 2.05) is 13.8 Å². The highest BCUT2D eigenvalue weighted by Gasteiger charge is 2.20. The molecule has 0 atom stereocenters. The normalized spacial score (nSPS) is 11.1. The van der Waals surface area contributed by atoms with Crippen LogP contribution in [-0.4, -0.2) is 37.4 Å². The number of rotatable bonds is 4. The van der Waals surface area contributed by atoms with Crippen molar-refractivity contribution in [2.75, 3.05) is 7.05 Å². The number of carbonyl (C=O) groups excluding carboxylic acids is 1. The molecule has 0 aliphatic carbocycles. The van der Waals surface area contributed by atoms with E-state index < -0.39 is 5.91 Å². The van der Waals surface area contributed by atoms with Gasteiger partial charge in [-0.25, -0.2) is 4.98 Å². The van der Waals surface area contributed by atoms with Gasteiger partial charge in [0.1, 0.15) is 5.56 Å². The highest BCUT2D eigenvalue weighted by Crippen LogP contribution is 2.13. The van der Waals surface area contributed by atoms with Crippen LogP contribution in [0.1, 0.15) is 33.9 Å². The van der Waals surface area contributed by atoms with Crippen LogP contribution in [0.15, 0.2) is 21.7 Å². The Morgan fingerprint density at radius 2 is 2.26 bits per heavy atom. The van der Waals surface area contributed by atoms with Gasteiger partial charge in [0.15, 0.2) is 10.8 Å². The molecule has 0 aliphatic rings. The van der Waals surface area contributed by atoms with Crippen molar-refractivity contribution in [3.8, 4) is 0 Å². The molecular formula is C14H15N5O3S. The maximum absolute atomic E-state index is 12.5. The molecular weight excluding hydrogens is 318 g/mol. The van der Waals surface area contributed by atoms with Crippen molar-refractivity contribution in [1.29, 1.82) is 0 Å². The van der Waals surface area contributed by atoms with Crippen LogP contribution in [0.5, 0.6) is 0 Å². The summed E-state index contributed by atoms with van der Waals surface area (Å²) in [6.07, 6.45) is 3.65. The number of amides is 1. The molecule has 0 saturated carbocycles. The summed E-state index contributed by atoms with van der Waals surface area (Å²) in [5, 5.41) is 3.78. The molecule has 120 valence electrons. The van der Waals surface area contributed by atoms with Crippen LogP contribution in [0.3, 0.4) is 0 Å². The molecule has 0 N–H and O–H groups in total. The summed E-state index contributed by atoms with van der Waals surface area (Å²) in [6, 6.07) is 0. The maximum atomic E-state index is 12.5. The summed E-state index contributed by atoms with van der Waals surface area (Å²) in [4.78, 5) is 36.1. The van der Waals surface area contributed by atoms with Gasteiger partial charge < -0.3 is 9.42 Å². The van der Waals surface area contributed by atoms with E-state index in [0.29, 0.717) is 23.1 Å². The van der Waals surface area contributed by atoms with E-state index >= 15 is 0 Å². The van der Waals surface area contributed by atoms with E-state index in [2.05, 4.69) is 15.1 Å². The van der Waals surface area contributed by atoms with Gasteiger partial charge in [0.05, 0.1) is 6.54 Å². The quantitative estimate of drug-likeness (QED) is 0.714. The molecule has 3 aromatic heterocycles. The standard InChI is InChI=1S/C14H15N5O3S/c1-4-10-16-11(22-17-10)7-18(3)12(20)9-5-15-14-19(13(9)21)6-8(2)23-14/h5-6H,4,7H2,1-3H3. The highest BCUT2D eigenvalue weighted by atomic mass is 32.1. The Hall–Kier alpha value is -2.55. The average molecular weight is 333 g/mol. The molecule has 3 rings (SSSR count). The molecule has 0 aromatic carbocycles. The highest BCUT2D eigenvalue weighted by molar-refractivity contribution is 7.16. The monoisotopic (exact) mass is 333 g/mol. The van der Waals surface area contributed by atoms with Crippen LogP contribution in [0.4, 0.5) is 0 Å². The maximum Gasteiger partial charge on any atom is 0.271 e. The van der Waals surface area contributed by atoms with E-state index in [1.54, 1.807) is 13.2 Å². The van der Waals surface area contributed by atoms with Gasteiger partial charge in [0.25, 0.3) is 11.5 Å². The van der Waals surface area contributed by atoms with Crippen LogP contribution < -0.4 is 5.56 Å². The third-order valence-corrected chi connectivity index (χ3v) is 4.21. The van der Waals surface area contributed by atoms with Crippen LogP contribution >= 0.6 is 11.3 Å². The fourth-order valence-electron chi connectivity index (χ4n) is 2.12. The molecule has 0 bridgehead atoms. The molecule has 3 heterocycles. The Balaban J connectivity index is 1.87. The lowest BCUT2D eigenvalue weighted by Gasteiger charge is -2.13. The lowest BCUT2D eigenvalue weighted by atomic mass is 10.3. The zero-order valence-electron chi connectivity index (χ0n) is 12.9. The molecule has 0 saturated heterocycles. The van der Waals surface area contributed by atoms with Crippen molar-refractivity contribution < 1.29 is 9.32 Å². The number of carbonyl (C=O) groups is 1. The van der Waals surface area contributed by atoms with E-state index in [1.165, 1.54) is 26.8 Å². The number of aryl methyl sites for hydroxylation is 2. The van der Waals surface area contributed by atoms with Gasteiger partial charge in [-0.3, -0.25) is 14.0 Å².